The number of hydrogen-bond acceptors (Lipinski definition) is 5. The van der Waals surface area contributed by atoms with E-state index < -0.39 is 0 Å². The van der Waals surface area contributed by atoms with Crippen molar-refractivity contribution in [1.29, 1.82) is 0 Å². The summed E-state index contributed by atoms with van der Waals surface area (Å²) in [5, 5.41) is 2.64. The number of fused-ring (bicyclic) bond motifs is 1. The summed E-state index contributed by atoms with van der Waals surface area (Å²) in [6.45, 7) is 0. The Hall–Kier alpha value is -1.60. The molecule has 0 aliphatic rings. The van der Waals surface area contributed by atoms with Gasteiger partial charge >= 0.3 is 0 Å². The first-order chi connectivity index (χ1) is 10.2. The number of hydrogen-bond donors (Lipinski definition) is 2. The molecular weight excluding hydrogens is 308 g/mol. The van der Waals surface area contributed by atoms with E-state index in [0.29, 0.717) is 17.2 Å². The van der Waals surface area contributed by atoms with Crippen molar-refractivity contribution in [3.05, 3.63) is 52.3 Å². The Morgan fingerprint density at radius 1 is 1.52 bits per heavy atom. The van der Waals surface area contributed by atoms with Gasteiger partial charge in [0.1, 0.15) is 5.75 Å². The molecule has 0 spiro atoms. The van der Waals surface area contributed by atoms with Gasteiger partial charge in [0.2, 0.25) is 0 Å². The van der Waals surface area contributed by atoms with Gasteiger partial charge < -0.3 is 4.74 Å². The second-order valence-corrected chi connectivity index (χ2v) is 5.94. The number of hydrazine groups is 1. The van der Waals surface area contributed by atoms with Crippen molar-refractivity contribution in [2.75, 3.05) is 7.11 Å². The van der Waals surface area contributed by atoms with Crippen LogP contribution in [0.15, 0.2) is 36.0 Å². The third-order valence-corrected chi connectivity index (χ3v) is 4.33. The summed E-state index contributed by atoms with van der Waals surface area (Å²) >= 11 is 7.60. The van der Waals surface area contributed by atoms with Gasteiger partial charge in [0.25, 0.3) is 0 Å². The van der Waals surface area contributed by atoms with Gasteiger partial charge in [0.05, 0.1) is 18.8 Å². The van der Waals surface area contributed by atoms with Crippen LogP contribution in [0.25, 0.3) is 4.96 Å². The van der Waals surface area contributed by atoms with E-state index in [-0.39, 0.29) is 6.04 Å². The molecule has 2 aromatic heterocycles. The fraction of sp³-hybridized carbons (Fsp3) is 0.214. The molecule has 0 radical (unpaired) electrons. The van der Waals surface area contributed by atoms with Crippen LogP contribution in [0.4, 0.5) is 0 Å². The molecule has 3 N–H and O–H groups in total. The highest BCUT2D eigenvalue weighted by atomic mass is 35.5. The molecule has 1 aromatic carbocycles. The number of methoxy groups -OCH3 is 1. The molecule has 0 amide bonds. The third kappa shape index (κ3) is 2.89. The zero-order valence-electron chi connectivity index (χ0n) is 11.4. The summed E-state index contributed by atoms with van der Waals surface area (Å²) in [5.41, 5.74) is 4.76. The minimum Gasteiger partial charge on any atom is -0.496 e. The Labute approximate surface area is 131 Å². The predicted molar refractivity (Wildman–Crippen MR) is 84.8 cm³/mol. The second-order valence-electron chi connectivity index (χ2n) is 4.63. The molecular formula is C14H15ClN4OS. The summed E-state index contributed by atoms with van der Waals surface area (Å²) in [5.74, 6) is 6.43. The van der Waals surface area contributed by atoms with Crippen LogP contribution in [0.5, 0.6) is 5.75 Å². The fourth-order valence-corrected chi connectivity index (χ4v) is 3.20. The molecule has 0 saturated carbocycles. The Morgan fingerprint density at radius 2 is 2.38 bits per heavy atom. The van der Waals surface area contributed by atoms with Crippen molar-refractivity contribution in [3.63, 3.8) is 0 Å². The molecule has 0 fully saturated rings. The van der Waals surface area contributed by atoms with Crippen molar-refractivity contribution in [2.24, 2.45) is 5.84 Å². The van der Waals surface area contributed by atoms with E-state index in [4.69, 9.17) is 22.2 Å². The Balaban J connectivity index is 1.89. The maximum atomic E-state index is 6.00. The van der Waals surface area contributed by atoms with Gasteiger partial charge in [-0.2, -0.15) is 0 Å². The Bertz CT molecular complexity index is 726. The number of nitrogens with zero attached hydrogens (tertiary/aromatic N) is 2. The Kier molecular flexibility index (Phi) is 4.12. The summed E-state index contributed by atoms with van der Waals surface area (Å²) < 4.78 is 7.39. The topological polar surface area (TPSA) is 64.6 Å². The van der Waals surface area contributed by atoms with Gasteiger partial charge in [-0.1, -0.05) is 17.7 Å². The van der Waals surface area contributed by atoms with Crippen molar-refractivity contribution in [2.45, 2.75) is 12.5 Å². The van der Waals surface area contributed by atoms with Crippen LogP contribution in [-0.2, 0) is 6.42 Å². The van der Waals surface area contributed by atoms with Crippen LogP contribution in [-0.4, -0.2) is 16.5 Å². The second kappa shape index (κ2) is 6.03. The van der Waals surface area contributed by atoms with Crippen LogP contribution in [0, 0.1) is 0 Å². The first-order valence-corrected chi connectivity index (χ1v) is 7.67. The molecule has 2 heterocycles. The molecule has 1 atom stereocenters. The van der Waals surface area contributed by atoms with Gasteiger partial charge in [-0.25, -0.2) is 4.98 Å². The molecule has 21 heavy (non-hydrogen) atoms. The summed E-state index contributed by atoms with van der Waals surface area (Å²) in [7, 11) is 1.62. The molecule has 0 aliphatic carbocycles. The van der Waals surface area contributed by atoms with Crippen molar-refractivity contribution in [1.82, 2.24) is 14.8 Å². The standard InChI is InChI=1S/C14H15ClN4OS/c1-20-13-6-9(15)2-3-11(13)12(18-16)7-10-8-19-4-5-21-14(19)17-10/h2-6,8,12,18H,7,16H2,1H3. The van der Waals surface area contributed by atoms with Gasteiger partial charge in [0, 0.05) is 34.8 Å². The van der Waals surface area contributed by atoms with Gasteiger partial charge in [-0.05, 0) is 12.1 Å². The molecule has 3 aromatic rings. The molecule has 0 bridgehead atoms. The zero-order valence-corrected chi connectivity index (χ0v) is 13.0. The van der Waals surface area contributed by atoms with E-state index in [1.165, 1.54) is 0 Å². The van der Waals surface area contributed by atoms with Crippen molar-refractivity contribution >= 4 is 27.9 Å². The summed E-state index contributed by atoms with van der Waals surface area (Å²) in [4.78, 5) is 5.55. The van der Waals surface area contributed by atoms with Gasteiger partial charge in [0.15, 0.2) is 4.96 Å². The largest absolute Gasteiger partial charge is 0.496 e. The minimum absolute atomic E-state index is 0.0955. The maximum Gasteiger partial charge on any atom is 0.193 e. The first-order valence-electron chi connectivity index (χ1n) is 6.42. The number of ether oxygens (including phenoxy) is 1. The highest BCUT2D eigenvalue weighted by molar-refractivity contribution is 7.15. The lowest BCUT2D eigenvalue weighted by atomic mass is 10.0. The number of aromatic nitrogens is 2. The fourth-order valence-electron chi connectivity index (χ4n) is 2.32. The first kappa shape index (κ1) is 14.3. The number of rotatable bonds is 5. The average Bonchev–Trinajstić information content (AvgIpc) is 3.06. The third-order valence-electron chi connectivity index (χ3n) is 3.33. The predicted octanol–water partition coefficient (Wildman–Crippen LogP) is 2.80. The van der Waals surface area contributed by atoms with Crippen LogP contribution in [0.3, 0.4) is 0 Å². The summed E-state index contributed by atoms with van der Waals surface area (Å²) in [6, 6.07) is 5.44. The van der Waals surface area contributed by atoms with E-state index in [2.05, 4.69) is 10.4 Å². The number of halogens is 1. The van der Waals surface area contributed by atoms with E-state index >= 15 is 0 Å². The lowest BCUT2D eigenvalue weighted by Gasteiger charge is -2.18. The quantitative estimate of drug-likeness (QED) is 0.560. The van der Waals surface area contributed by atoms with Crippen LogP contribution in [0.2, 0.25) is 5.02 Å². The van der Waals surface area contributed by atoms with Gasteiger partial charge in [-0.15, -0.1) is 11.3 Å². The summed E-state index contributed by atoms with van der Waals surface area (Å²) in [6.07, 6.45) is 4.67. The molecule has 5 nitrogen and oxygen atoms in total. The average molecular weight is 323 g/mol. The molecule has 0 aliphatic heterocycles. The van der Waals surface area contributed by atoms with Crippen molar-refractivity contribution < 1.29 is 4.74 Å². The van der Waals surface area contributed by atoms with Crippen molar-refractivity contribution in [3.8, 4) is 5.75 Å². The highest BCUT2D eigenvalue weighted by Gasteiger charge is 2.17. The lowest BCUT2D eigenvalue weighted by Crippen LogP contribution is -2.30. The lowest BCUT2D eigenvalue weighted by molar-refractivity contribution is 0.399. The normalized spacial score (nSPS) is 12.7. The van der Waals surface area contributed by atoms with E-state index in [1.807, 2.05) is 34.3 Å². The monoisotopic (exact) mass is 322 g/mol. The smallest absolute Gasteiger partial charge is 0.193 e. The van der Waals surface area contributed by atoms with Gasteiger partial charge in [-0.3, -0.25) is 15.7 Å². The molecule has 1 unspecified atom stereocenters. The number of nitrogens with one attached hydrogen (secondary N) is 1. The van der Waals surface area contributed by atoms with Crippen LogP contribution >= 0.6 is 22.9 Å². The zero-order chi connectivity index (χ0) is 14.8. The maximum absolute atomic E-state index is 6.00. The van der Waals surface area contributed by atoms with Crippen LogP contribution in [0.1, 0.15) is 17.3 Å². The SMILES string of the molecule is COc1cc(Cl)ccc1C(Cc1cn2ccsc2n1)NN. The molecule has 110 valence electrons. The molecule has 0 saturated heterocycles. The Morgan fingerprint density at radius 3 is 3.10 bits per heavy atom. The highest BCUT2D eigenvalue weighted by Crippen LogP contribution is 2.30. The van der Waals surface area contributed by atoms with E-state index in [9.17, 15) is 0 Å². The number of benzene rings is 1. The minimum atomic E-state index is -0.0955. The van der Waals surface area contributed by atoms with E-state index in [0.717, 1.165) is 16.2 Å². The number of nitrogens with two attached hydrogens (primary N) is 1. The number of imidazole rings is 1. The van der Waals surface area contributed by atoms with Crippen LogP contribution < -0.4 is 16.0 Å². The number of thiazole rings is 1. The van der Waals surface area contributed by atoms with E-state index in [1.54, 1.807) is 24.5 Å². The molecule has 3 rings (SSSR count). The molecule has 7 heteroatoms.